The van der Waals surface area contributed by atoms with E-state index in [-0.39, 0.29) is 12.4 Å². The van der Waals surface area contributed by atoms with Crippen LogP contribution in [0.3, 0.4) is 0 Å². The van der Waals surface area contributed by atoms with E-state index in [1.807, 2.05) is 60.7 Å². The first-order chi connectivity index (χ1) is 11.7. The number of phenols is 1. The Morgan fingerprint density at radius 3 is 2.62 bits per heavy atom. The lowest BCUT2D eigenvalue weighted by molar-refractivity contribution is 0.140. The van der Waals surface area contributed by atoms with Gasteiger partial charge in [0.15, 0.2) is 0 Å². The number of hydrogen-bond donors (Lipinski definition) is 2. The maximum atomic E-state index is 11.6. The second kappa shape index (κ2) is 7.28. The van der Waals surface area contributed by atoms with Crippen LogP contribution < -0.4 is 5.43 Å². The standard InChI is InChI=1S/C19H16N2O3/c22-18-11-10-15-8-4-5-9-16(15)17(18)12-20-21-19(23)24-13-14-6-2-1-3-7-14/h1-12,22H,13H2,(H,21,23). The second-order valence-corrected chi connectivity index (χ2v) is 5.15. The van der Waals surface area contributed by atoms with Crippen LogP contribution in [-0.4, -0.2) is 17.4 Å². The summed E-state index contributed by atoms with van der Waals surface area (Å²) >= 11 is 0. The third-order valence-corrected chi connectivity index (χ3v) is 3.51. The summed E-state index contributed by atoms with van der Waals surface area (Å²) in [6, 6.07) is 20.4. The monoisotopic (exact) mass is 320 g/mol. The van der Waals surface area contributed by atoms with Crippen LogP contribution in [0.5, 0.6) is 5.75 Å². The first kappa shape index (κ1) is 15.6. The fraction of sp³-hybridized carbons (Fsp3) is 0.0526. The molecule has 0 bridgehead atoms. The van der Waals surface area contributed by atoms with E-state index >= 15 is 0 Å². The van der Waals surface area contributed by atoms with Crippen LogP contribution >= 0.6 is 0 Å². The van der Waals surface area contributed by atoms with E-state index in [0.717, 1.165) is 16.3 Å². The third-order valence-electron chi connectivity index (χ3n) is 3.51. The van der Waals surface area contributed by atoms with Crippen molar-refractivity contribution in [2.75, 3.05) is 0 Å². The van der Waals surface area contributed by atoms with Crippen LogP contribution in [-0.2, 0) is 11.3 Å². The highest BCUT2D eigenvalue weighted by Gasteiger charge is 2.05. The summed E-state index contributed by atoms with van der Waals surface area (Å²) in [7, 11) is 0. The molecular weight excluding hydrogens is 304 g/mol. The molecule has 3 rings (SSSR count). The van der Waals surface area contributed by atoms with Crippen molar-refractivity contribution >= 4 is 23.1 Å². The van der Waals surface area contributed by atoms with Crippen molar-refractivity contribution in [3.05, 3.63) is 77.9 Å². The summed E-state index contributed by atoms with van der Waals surface area (Å²) in [4.78, 5) is 11.6. The number of amides is 1. The van der Waals surface area contributed by atoms with Gasteiger partial charge >= 0.3 is 6.09 Å². The Balaban J connectivity index is 1.64. The Morgan fingerprint density at radius 2 is 1.79 bits per heavy atom. The molecule has 5 heteroatoms. The van der Waals surface area contributed by atoms with Crippen LogP contribution in [0.1, 0.15) is 11.1 Å². The van der Waals surface area contributed by atoms with Gasteiger partial charge in [-0.05, 0) is 22.4 Å². The van der Waals surface area contributed by atoms with Gasteiger partial charge in [0.2, 0.25) is 0 Å². The maximum Gasteiger partial charge on any atom is 0.428 e. The molecule has 1 amide bonds. The number of nitrogens with one attached hydrogen (secondary N) is 1. The Labute approximate surface area is 139 Å². The summed E-state index contributed by atoms with van der Waals surface area (Å²) in [5.41, 5.74) is 3.72. The number of hydrogen-bond acceptors (Lipinski definition) is 4. The van der Waals surface area contributed by atoms with Gasteiger partial charge in [0.25, 0.3) is 0 Å². The van der Waals surface area contributed by atoms with Gasteiger partial charge in [-0.15, -0.1) is 0 Å². The summed E-state index contributed by atoms with van der Waals surface area (Å²) in [5, 5.41) is 15.7. The predicted molar refractivity (Wildman–Crippen MR) is 93.0 cm³/mol. The van der Waals surface area contributed by atoms with Crippen molar-refractivity contribution < 1.29 is 14.6 Å². The molecule has 2 N–H and O–H groups in total. The Kier molecular flexibility index (Phi) is 4.72. The zero-order valence-corrected chi connectivity index (χ0v) is 12.8. The zero-order valence-electron chi connectivity index (χ0n) is 12.8. The molecule has 3 aromatic rings. The number of fused-ring (bicyclic) bond motifs is 1. The van der Waals surface area contributed by atoms with Crippen molar-refractivity contribution in [2.45, 2.75) is 6.61 Å². The van der Waals surface area contributed by atoms with Crippen LogP contribution in [0.15, 0.2) is 71.8 Å². The molecule has 0 fully saturated rings. The number of benzene rings is 3. The van der Waals surface area contributed by atoms with Gasteiger partial charge in [-0.2, -0.15) is 5.10 Å². The quantitative estimate of drug-likeness (QED) is 0.567. The van der Waals surface area contributed by atoms with E-state index in [2.05, 4.69) is 10.5 Å². The average Bonchev–Trinajstić information content (AvgIpc) is 2.63. The maximum absolute atomic E-state index is 11.6. The highest BCUT2D eigenvalue weighted by Crippen LogP contribution is 2.25. The minimum Gasteiger partial charge on any atom is -0.507 e. The molecular formula is C19H16N2O3. The van der Waals surface area contributed by atoms with Crippen molar-refractivity contribution in [3.63, 3.8) is 0 Å². The first-order valence-electron chi connectivity index (χ1n) is 7.44. The molecule has 0 saturated heterocycles. The fourth-order valence-corrected chi connectivity index (χ4v) is 2.32. The number of aromatic hydroxyl groups is 1. The Bertz CT molecular complexity index is 876. The molecule has 0 saturated carbocycles. The molecule has 0 radical (unpaired) electrons. The molecule has 0 aliphatic carbocycles. The number of rotatable bonds is 4. The van der Waals surface area contributed by atoms with Gasteiger partial charge in [-0.1, -0.05) is 60.7 Å². The number of carbonyl (C=O) groups excluding carboxylic acids is 1. The van der Waals surface area contributed by atoms with E-state index in [4.69, 9.17) is 4.74 Å². The molecule has 0 spiro atoms. The van der Waals surface area contributed by atoms with Gasteiger partial charge in [0, 0.05) is 5.56 Å². The van der Waals surface area contributed by atoms with E-state index in [9.17, 15) is 9.90 Å². The second-order valence-electron chi connectivity index (χ2n) is 5.15. The van der Waals surface area contributed by atoms with Gasteiger partial charge in [0.05, 0.1) is 6.21 Å². The predicted octanol–water partition coefficient (Wildman–Crippen LogP) is 3.81. The lowest BCUT2D eigenvalue weighted by atomic mass is 10.0. The molecule has 0 heterocycles. The van der Waals surface area contributed by atoms with E-state index < -0.39 is 6.09 Å². The summed E-state index contributed by atoms with van der Waals surface area (Å²) in [6.45, 7) is 0.168. The Morgan fingerprint density at radius 1 is 1.04 bits per heavy atom. The number of nitrogens with zero attached hydrogens (tertiary/aromatic N) is 1. The number of ether oxygens (including phenoxy) is 1. The van der Waals surface area contributed by atoms with Gasteiger partial charge in [-0.3, -0.25) is 0 Å². The molecule has 5 nitrogen and oxygen atoms in total. The van der Waals surface area contributed by atoms with Crippen LogP contribution in [0.4, 0.5) is 4.79 Å². The number of carbonyl (C=O) groups is 1. The Hall–Kier alpha value is -3.34. The minimum atomic E-state index is -0.658. The van der Waals surface area contributed by atoms with Crippen molar-refractivity contribution in [1.82, 2.24) is 5.43 Å². The number of phenolic OH excluding ortho intramolecular Hbond substituents is 1. The lowest BCUT2D eigenvalue weighted by Gasteiger charge is -2.05. The van der Waals surface area contributed by atoms with Crippen molar-refractivity contribution in [1.29, 1.82) is 0 Å². The molecule has 0 unspecified atom stereocenters. The summed E-state index contributed by atoms with van der Waals surface area (Å²) in [6.07, 6.45) is 0.747. The molecule has 120 valence electrons. The van der Waals surface area contributed by atoms with Gasteiger partial charge in [0.1, 0.15) is 12.4 Å². The molecule has 0 atom stereocenters. The normalized spacial score (nSPS) is 10.8. The average molecular weight is 320 g/mol. The van der Waals surface area contributed by atoms with E-state index in [1.165, 1.54) is 6.21 Å². The van der Waals surface area contributed by atoms with Gasteiger partial charge < -0.3 is 9.84 Å². The number of hydrazone groups is 1. The molecule has 24 heavy (non-hydrogen) atoms. The van der Waals surface area contributed by atoms with E-state index in [1.54, 1.807) is 6.07 Å². The SMILES string of the molecule is O=C(NN=Cc1c(O)ccc2ccccc12)OCc1ccccc1. The van der Waals surface area contributed by atoms with Gasteiger partial charge in [-0.25, -0.2) is 10.2 Å². The van der Waals surface area contributed by atoms with E-state index in [0.29, 0.717) is 5.56 Å². The molecule has 0 aliphatic heterocycles. The smallest absolute Gasteiger partial charge is 0.428 e. The molecule has 0 aliphatic rings. The minimum absolute atomic E-state index is 0.0944. The fourth-order valence-electron chi connectivity index (χ4n) is 2.32. The van der Waals surface area contributed by atoms with Crippen LogP contribution in [0.25, 0.3) is 10.8 Å². The highest BCUT2D eigenvalue weighted by molar-refractivity contribution is 6.02. The lowest BCUT2D eigenvalue weighted by Crippen LogP contribution is -2.18. The third kappa shape index (κ3) is 3.70. The summed E-state index contributed by atoms with van der Waals surface area (Å²) in [5.74, 6) is 0.0944. The highest BCUT2D eigenvalue weighted by atomic mass is 16.5. The zero-order chi connectivity index (χ0) is 16.8. The topological polar surface area (TPSA) is 70.9 Å². The largest absolute Gasteiger partial charge is 0.507 e. The molecule has 0 aromatic heterocycles. The van der Waals surface area contributed by atoms with Crippen molar-refractivity contribution in [3.8, 4) is 5.75 Å². The summed E-state index contributed by atoms with van der Waals surface area (Å²) < 4.78 is 5.06. The van der Waals surface area contributed by atoms with Crippen LogP contribution in [0.2, 0.25) is 0 Å². The molecule has 3 aromatic carbocycles. The van der Waals surface area contributed by atoms with Crippen molar-refractivity contribution in [2.24, 2.45) is 5.10 Å². The van der Waals surface area contributed by atoms with Crippen LogP contribution in [0, 0.1) is 0 Å². The first-order valence-corrected chi connectivity index (χ1v) is 7.44.